The summed E-state index contributed by atoms with van der Waals surface area (Å²) in [6, 6.07) is 8.16. The van der Waals surface area contributed by atoms with Gasteiger partial charge in [-0.15, -0.1) is 11.8 Å². The first-order valence-electron chi connectivity index (χ1n) is 5.63. The molecule has 2 N–H and O–H groups in total. The molecule has 0 unspecified atom stereocenters. The number of rotatable bonds is 3. The Bertz CT molecular complexity index is 552. The third-order valence-corrected chi connectivity index (χ3v) is 3.43. The second-order valence-corrected chi connectivity index (χ2v) is 5.12. The lowest BCUT2D eigenvalue weighted by Crippen LogP contribution is -1.97. The van der Waals surface area contributed by atoms with E-state index in [2.05, 4.69) is 18.8 Å². The summed E-state index contributed by atoms with van der Waals surface area (Å²) >= 11 is 1.66. The molecule has 0 aliphatic heterocycles. The number of benzene rings is 1. The Morgan fingerprint density at radius 3 is 2.61 bits per heavy atom. The molecule has 1 radical (unpaired) electrons. The van der Waals surface area contributed by atoms with Crippen LogP contribution in [0, 0.1) is 12.7 Å². The van der Waals surface area contributed by atoms with Crippen LogP contribution in [-0.2, 0) is 0 Å². The molecule has 1 aromatic carbocycles. The number of nitrogen functional groups attached to an aromatic ring is 1. The number of halogens is 1. The average molecular weight is 261 g/mol. The smallest absolute Gasteiger partial charge is 0.123 e. The van der Waals surface area contributed by atoms with Gasteiger partial charge in [0.1, 0.15) is 5.82 Å². The molecule has 0 saturated carbocycles. The van der Waals surface area contributed by atoms with Crippen LogP contribution < -0.4 is 5.73 Å². The third-order valence-electron chi connectivity index (χ3n) is 2.52. The molecule has 0 aliphatic rings. The minimum absolute atomic E-state index is 0.256. The number of thioether (sulfide) groups is 1. The molecule has 0 fully saturated rings. The molecule has 18 heavy (non-hydrogen) atoms. The van der Waals surface area contributed by atoms with Crippen LogP contribution in [0.3, 0.4) is 0 Å². The highest BCUT2D eigenvalue weighted by atomic mass is 32.2. The van der Waals surface area contributed by atoms with E-state index in [-0.39, 0.29) is 5.82 Å². The summed E-state index contributed by atoms with van der Waals surface area (Å²) in [4.78, 5) is 5.41. The van der Waals surface area contributed by atoms with E-state index < -0.39 is 0 Å². The topological polar surface area (TPSA) is 38.9 Å². The second-order valence-electron chi connectivity index (χ2n) is 3.81. The molecule has 2 rings (SSSR count). The van der Waals surface area contributed by atoms with E-state index in [1.54, 1.807) is 23.9 Å². The largest absolute Gasteiger partial charge is 0.397 e. The molecule has 0 saturated heterocycles. The fourth-order valence-electron chi connectivity index (χ4n) is 1.63. The molecular formula is C14H14FN2S. The van der Waals surface area contributed by atoms with Gasteiger partial charge in [-0.3, -0.25) is 0 Å². The van der Waals surface area contributed by atoms with Crippen molar-refractivity contribution in [2.24, 2.45) is 0 Å². The average Bonchev–Trinajstić information content (AvgIpc) is 2.35. The molecule has 4 heteroatoms. The Hall–Kier alpha value is -1.55. The lowest BCUT2D eigenvalue weighted by Gasteiger charge is -2.10. The van der Waals surface area contributed by atoms with Crippen LogP contribution in [0.1, 0.15) is 12.6 Å². The highest BCUT2D eigenvalue weighted by Crippen LogP contribution is 2.32. The van der Waals surface area contributed by atoms with Gasteiger partial charge in [-0.1, -0.05) is 6.92 Å². The number of hydrogen-bond donors (Lipinski definition) is 1. The normalized spacial score (nSPS) is 10.6. The standard InChI is InChI=1S/C14H14FN2S/c1-3-18-13-8-12(16)9(2)17-14(13)10-4-6-11(15)7-5-10/h4-8H,2-3,16H2,1H3. The van der Waals surface area contributed by atoms with Gasteiger partial charge in [0.05, 0.1) is 17.1 Å². The Labute approximate surface area is 110 Å². The summed E-state index contributed by atoms with van der Waals surface area (Å²) in [5, 5.41) is 0. The lowest BCUT2D eigenvalue weighted by atomic mass is 10.1. The van der Waals surface area contributed by atoms with Crippen LogP contribution in [0.4, 0.5) is 10.1 Å². The predicted molar refractivity (Wildman–Crippen MR) is 74.9 cm³/mol. The van der Waals surface area contributed by atoms with E-state index in [1.165, 1.54) is 12.1 Å². The van der Waals surface area contributed by atoms with Crippen molar-refractivity contribution in [2.75, 3.05) is 11.5 Å². The maximum atomic E-state index is 12.9. The van der Waals surface area contributed by atoms with E-state index in [9.17, 15) is 4.39 Å². The fourth-order valence-corrected chi connectivity index (χ4v) is 2.45. The number of nitrogens with two attached hydrogens (primary N) is 1. The van der Waals surface area contributed by atoms with Gasteiger partial charge in [0.15, 0.2) is 0 Å². The summed E-state index contributed by atoms with van der Waals surface area (Å²) in [7, 11) is 0. The Morgan fingerprint density at radius 1 is 1.33 bits per heavy atom. The quantitative estimate of drug-likeness (QED) is 0.855. The molecule has 0 amide bonds. The van der Waals surface area contributed by atoms with Crippen LogP contribution in [0.2, 0.25) is 0 Å². The van der Waals surface area contributed by atoms with Gasteiger partial charge in [-0.2, -0.15) is 0 Å². The van der Waals surface area contributed by atoms with E-state index in [0.29, 0.717) is 11.4 Å². The number of pyridine rings is 1. The van der Waals surface area contributed by atoms with E-state index in [1.807, 2.05) is 6.07 Å². The zero-order chi connectivity index (χ0) is 13.1. The van der Waals surface area contributed by atoms with Crippen molar-refractivity contribution in [2.45, 2.75) is 11.8 Å². The SMILES string of the molecule is [CH2]c1nc(-c2ccc(F)cc2)c(SCC)cc1N. The molecule has 0 spiro atoms. The summed E-state index contributed by atoms with van der Waals surface area (Å²) < 4.78 is 12.9. The molecule has 0 aliphatic carbocycles. The third kappa shape index (κ3) is 2.64. The van der Waals surface area contributed by atoms with Crippen molar-refractivity contribution in [1.29, 1.82) is 0 Å². The number of aromatic nitrogens is 1. The van der Waals surface area contributed by atoms with Crippen LogP contribution in [0.5, 0.6) is 0 Å². The van der Waals surface area contributed by atoms with Crippen molar-refractivity contribution < 1.29 is 4.39 Å². The predicted octanol–water partition coefficient (Wildman–Crippen LogP) is 3.76. The molecule has 1 aromatic heterocycles. The van der Waals surface area contributed by atoms with Gasteiger partial charge < -0.3 is 5.73 Å². The van der Waals surface area contributed by atoms with Crippen molar-refractivity contribution in [3.05, 3.63) is 48.8 Å². The maximum Gasteiger partial charge on any atom is 0.123 e. The van der Waals surface area contributed by atoms with Gasteiger partial charge in [0, 0.05) is 10.5 Å². The molecular weight excluding hydrogens is 247 g/mol. The summed E-state index contributed by atoms with van der Waals surface area (Å²) in [5.74, 6) is 0.667. The van der Waals surface area contributed by atoms with Crippen molar-refractivity contribution in [3.8, 4) is 11.3 Å². The monoisotopic (exact) mass is 261 g/mol. The first-order valence-corrected chi connectivity index (χ1v) is 6.61. The van der Waals surface area contributed by atoms with Crippen molar-refractivity contribution in [1.82, 2.24) is 4.98 Å². The van der Waals surface area contributed by atoms with Crippen LogP contribution >= 0.6 is 11.8 Å². The first-order chi connectivity index (χ1) is 8.61. The lowest BCUT2D eigenvalue weighted by molar-refractivity contribution is 0.628. The summed E-state index contributed by atoms with van der Waals surface area (Å²) in [6.45, 7) is 5.87. The van der Waals surface area contributed by atoms with Gasteiger partial charge in [-0.05, 0) is 43.0 Å². The van der Waals surface area contributed by atoms with E-state index >= 15 is 0 Å². The highest BCUT2D eigenvalue weighted by Gasteiger charge is 2.10. The van der Waals surface area contributed by atoms with Crippen LogP contribution in [0.15, 0.2) is 35.2 Å². The maximum absolute atomic E-state index is 12.9. The minimum Gasteiger partial charge on any atom is -0.397 e. The van der Waals surface area contributed by atoms with Gasteiger partial charge in [-0.25, -0.2) is 9.37 Å². The molecule has 2 nitrogen and oxygen atoms in total. The van der Waals surface area contributed by atoms with Gasteiger partial charge >= 0.3 is 0 Å². The van der Waals surface area contributed by atoms with Gasteiger partial charge in [0.2, 0.25) is 0 Å². The zero-order valence-electron chi connectivity index (χ0n) is 10.1. The summed E-state index contributed by atoms with van der Waals surface area (Å²) in [6.07, 6.45) is 0. The zero-order valence-corrected chi connectivity index (χ0v) is 10.9. The van der Waals surface area contributed by atoms with Crippen molar-refractivity contribution in [3.63, 3.8) is 0 Å². The van der Waals surface area contributed by atoms with Crippen molar-refractivity contribution >= 4 is 17.4 Å². The molecule has 0 atom stereocenters. The Kier molecular flexibility index (Phi) is 3.87. The minimum atomic E-state index is -0.256. The Morgan fingerprint density at radius 2 is 2.00 bits per heavy atom. The van der Waals surface area contributed by atoms with Crippen LogP contribution in [-0.4, -0.2) is 10.7 Å². The highest BCUT2D eigenvalue weighted by molar-refractivity contribution is 7.99. The number of nitrogens with zero attached hydrogens (tertiary/aromatic N) is 1. The van der Waals surface area contributed by atoms with Crippen LogP contribution in [0.25, 0.3) is 11.3 Å². The molecule has 93 valence electrons. The number of anilines is 1. The van der Waals surface area contributed by atoms with Gasteiger partial charge in [0.25, 0.3) is 0 Å². The van der Waals surface area contributed by atoms with E-state index in [4.69, 9.17) is 5.73 Å². The fraction of sp³-hybridized carbons (Fsp3) is 0.143. The molecule has 2 aromatic rings. The van der Waals surface area contributed by atoms with E-state index in [0.717, 1.165) is 21.9 Å². The second kappa shape index (κ2) is 5.40. The molecule has 1 heterocycles. The summed E-state index contributed by atoms with van der Waals surface area (Å²) in [5.41, 5.74) is 8.63. The molecule has 0 bridgehead atoms. The Balaban J connectivity index is 2.54. The first kappa shape index (κ1) is 12.9. The number of hydrogen-bond acceptors (Lipinski definition) is 3.